The molecule has 1 heterocycles. The lowest BCUT2D eigenvalue weighted by molar-refractivity contribution is 0.168. The molecule has 0 fully saturated rings. The molecule has 0 saturated carbocycles. The second-order valence-electron chi connectivity index (χ2n) is 4.83. The van der Waals surface area contributed by atoms with E-state index < -0.39 is 0 Å². The highest BCUT2D eigenvalue weighted by Crippen LogP contribution is 2.34. The molecule has 1 aromatic heterocycles. The lowest BCUT2D eigenvalue weighted by Crippen LogP contribution is -1.96. The van der Waals surface area contributed by atoms with Crippen LogP contribution in [-0.4, -0.2) is 10.1 Å². The third-order valence-corrected chi connectivity index (χ3v) is 3.56. The number of nitrogens with one attached hydrogen (secondary N) is 1. The maximum absolute atomic E-state index is 10.2. The largest absolute Gasteiger partial charge is 0.388 e. The molecule has 2 N–H and O–H groups in total. The second-order valence-corrected chi connectivity index (χ2v) is 4.83. The number of aromatic nitrogens is 1. The Bertz CT molecular complexity index is 527. The Hall–Kier alpha value is -1.28. The van der Waals surface area contributed by atoms with Gasteiger partial charge in [-0.1, -0.05) is 18.1 Å². The van der Waals surface area contributed by atoms with Crippen LogP contribution in [0, 0.1) is 6.92 Å². The summed E-state index contributed by atoms with van der Waals surface area (Å²) in [7, 11) is 0. The molecule has 1 aliphatic carbocycles. The molecule has 1 unspecified atom stereocenters. The minimum atomic E-state index is -0.284. The SMILES string of the molecule is Cc1ccc2[nH]c3c(c2c1)C(O)CCCC3. The Morgan fingerprint density at radius 2 is 2.19 bits per heavy atom. The Balaban J connectivity index is 2.28. The summed E-state index contributed by atoms with van der Waals surface area (Å²) >= 11 is 0. The molecule has 1 atom stereocenters. The number of aliphatic hydroxyl groups is 1. The summed E-state index contributed by atoms with van der Waals surface area (Å²) in [6, 6.07) is 6.41. The fraction of sp³-hybridized carbons (Fsp3) is 0.429. The molecule has 2 nitrogen and oxygen atoms in total. The van der Waals surface area contributed by atoms with Crippen LogP contribution in [-0.2, 0) is 6.42 Å². The molecule has 1 aliphatic rings. The van der Waals surface area contributed by atoms with Crippen molar-refractivity contribution in [3.05, 3.63) is 35.0 Å². The molecule has 0 amide bonds. The van der Waals surface area contributed by atoms with Gasteiger partial charge in [-0.25, -0.2) is 0 Å². The van der Waals surface area contributed by atoms with Crippen molar-refractivity contribution in [1.82, 2.24) is 4.98 Å². The summed E-state index contributed by atoms with van der Waals surface area (Å²) in [4.78, 5) is 3.45. The number of hydrogen-bond donors (Lipinski definition) is 2. The van der Waals surface area contributed by atoms with Crippen LogP contribution in [0.25, 0.3) is 10.9 Å². The van der Waals surface area contributed by atoms with Crippen molar-refractivity contribution in [3.63, 3.8) is 0 Å². The minimum absolute atomic E-state index is 0.284. The van der Waals surface area contributed by atoms with Crippen LogP contribution in [0.1, 0.15) is 42.2 Å². The highest BCUT2D eigenvalue weighted by molar-refractivity contribution is 5.85. The van der Waals surface area contributed by atoms with Crippen molar-refractivity contribution in [2.45, 2.75) is 38.7 Å². The Kier molecular flexibility index (Phi) is 2.25. The number of benzene rings is 1. The van der Waals surface area contributed by atoms with Crippen LogP contribution in [0.15, 0.2) is 18.2 Å². The van der Waals surface area contributed by atoms with Crippen LogP contribution in [0.5, 0.6) is 0 Å². The lowest BCUT2D eigenvalue weighted by Gasteiger charge is -2.08. The molecule has 0 spiro atoms. The van der Waals surface area contributed by atoms with Crippen LogP contribution in [0.4, 0.5) is 0 Å². The zero-order valence-electron chi connectivity index (χ0n) is 9.59. The van der Waals surface area contributed by atoms with E-state index in [9.17, 15) is 5.11 Å². The van der Waals surface area contributed by atoms with E-state index in [4.69, 9.17) is 0 Å². The molecule has 84 valence electrons. The van der Waals surface area contributed by atoms with E-state index in [-0.39, 0.29) is 6.10 Å². The van der Waals surface area contributed by atoms with E-state index >= 15 is 0 Å². The molecule has 0 bridgehead atoms. The molecule has 2 aromatic rings. The third-order valence-electron chi connectivity index (χ3n) is 3.56. The highest BCUT2D eigenvalue weighted by atomic mass is 16.3. The first kappa shape index (κ1) is 9.91. The Morgan fingerprint density at radius 1 is 1.31 bits per heavy atom. The van der Waals surface area contributed by atoms with Crippen molar-refractivity contribution >= 4 is 10.9 Å². The summed E-state index contributed by atoms with van der Waals surface area (Å²) in [5.41, 5.74) is 4.81. The topological polar surface area (TPSA) is 36.0 Å². The summed E-state index contributed by atoms with van der Waals surface area (Å²) in [6.07, 6.45) is 3.98. The summed E-state index contributed by atoms with van der Waals surface area (Å²) < 4.78 is 0. The number of hydrogen-bond acceptors (Lipinski definition) is 1. The molecule has 3 rings (SSSR count). The van der Waals surface area contributed by atoms with Crippen molar-refractivity contribution < 1.29 is 5.11 Å². The molecular formula is C14H17NO. The fourth-order valence-electron chi connectivity index (χ4n) is 2.74. The molecule has 1 aromatic carbocycles. The normalized spacial score (nSPS) is 20.8. The average molecular weight is 215 g/mol. The van der Waals surface area contributed by atoms with E-state index in [0.717, 1.165) is 30.3 Å². The van der Waals surface area contributed by atoms with Gasteiger partial charge in [-0.2, -0.15) is 0 Å². The first-order valence-electron chi connectivity index (χ1n) is 6.05. The molecular weight excluding hydrogens is 198 g/mol. The van der Waals surface area contributed by atoms with Crippen LogP contribution in [0.3, 0.4) is 0 Å². The van der Waals surface area contributed by atoms with Crippen molar-refractivity contribution in [1.29, 1.82) is 0 Å². The predicted octanol–water partition coefficient (Wildman–Crippen LogP) is 3.24. The van der Waals surface area contributed by atoms with E-state index in [1.807, 2.05) is 0 Å². The van der Waals surface area contributed by atoms with E-state index in [0.29, 0.717) is 0 Å². The van der Waals surface area contributed by atoms with Crippen LogP contribution < -0.4 is 0 Å². The number of rotatable bonds is 0. The van der Waals surface area contributed by atoms with Gasteiger partial charge in [-0.05, 0) is 38.3 Å². The summed E-state index contributed by atoms with van der Waals surface area (Å²) in [5, 5.41) is 11.4. The second kappa shape index (κ2) is 3.63. The average Bonchev–Trinajstić information content (AvgIpc) is 2.51. The number of aryl methyl sites for hydroxylation is 2. The fourth-order valence-corrected chi connectivity index (χ4v) is 2.74. The summed E-state index contributed by atoms with van der Waals surface area (Å²) in [5.74, 6) is 0. The van der Waals surface area contributed by atoms with Gasteiger partial charge in [0.2, 0.25) is 0 Å². The highest BCUT2D eigenvalue weighted by Gasteiger charge is 2.21. The van der Waals surface area contributed by atoms with Crippen LogP contribution in [0.2, 0.25) is 0 Å². The number of H-pyrrole nitrogens is 1. The zero-order chi connectivity index (χ0) is 11.1. The first-order valence-corrected chi connectivity index (χ1v) is 6.05. The van der Waals surface area contributed by atoms with Crippen molar-refractivity contribution in [2.75, 3.05) is 0 Å². The van der Waals surface area contributed by atoms with Crippen molar-refractivity contribution in [3.8, 4) is 0 Å². The molecule has 0 saturated heterocycles. The van der Waals surface area contributed by atoms with Crippen LogP contribution >= 0.6 is 0 Å². The van der Waals surface area contributed by atoms with E-state index in [1.165, 1.54) is 23.1 Å². The molecule has 0 radical (unpaired) electrons. The standard InChI is InChI=1S/C14H17NO/c1-9-6-7-11-10(8-9)14-12(15-11)4-2-3-5-13(14)16/h6-8,13,15-16H,2-5H2,1H3. The van der Waals surface area contributed by atoms with Gasteiger partial charge in [0.15, 0.2) is 0 Å². The maximum Gasteiger partial charge on any atom is 0.0813 e. The summed E-state index contributed by atoms with van der Waals surface area (Å²) in [6.45, 7) is 2.10. The smallest absolute Gasteiger partial charge is 0.0813 e. The molecule has 0 aliphatic heterocycles. The number of aromatic amines is 1. The van der Waals surface area contributed by atoms with Gasteiger partial charge in [0, 0.05) is 22.2 Å². The van der Waals surface area contributed by atoms with Gasteiger partial charge in [0.1, 0.15) is 0 Å². The van der Waals surface area contributed by atoms with Gasteiger partial charge in [-0.15, -0.1) is 0 Å². The Morgan fingerprint density at radius 3 is 3.06 bits per heavy atom. The molecule has 2 heteroatoms. The van der Waals surface area contributed by atoms with Gasteiger partial charge in [0.05, 0.1) is 6.10 Å². The lowest BCUT2D eigenvalue weighted by atomic mass is 10.0. The minimum Gasteiger partial charge on any atom is -0.388 e. The molecule has 16 heavy (non-hydrogen) atoms. The Labute approximate surface area is 95.3 Å². The van der Waals surface area contributed by atoms with E-state index in [2.05, 4.69) is 30.1 Å². The van der Waals surface area contributed by atoms with Gasteiger partial charge >= 0.3 is 0 Å². The quantitative estimate of drug-likeness (QED) is 0.650. The van der Waals surface area contributed by atoms with Gasteiger partial charge in [-0.3, -0.25) is 0 Å². The number of aliphatic hydroxyl groups excluding tert-OH is 1. The third kappa shape index (κ3) is 1.45. The van der Waals surface area contributed by atoms with E-state index in [1.54, 1.807) is 0 Å². The maximum atomic E-state index is 10.2. The predicted molar refractivity (Wildman–Crippen MR) is 65.6 cm³/mol. The van der Waals surface area contributed by atoms with Gasteiger partial charge < -0.3 is 10.1 Å². The monoisotopic (exact) mass is 215 g/mol. The zero-order valence-corrected chi connectivity index (χ0v) is 9.59. The first-order chi connectivity index (χ1) is 7.75. The van der Waals surface area contributed by atoms with Gasteiger partial charge in [0.25, 0.3) is 0 Å². The van der Waals surface area contributed by atoms with Crippen molar-refractivity contribution in [2.24, 2.45) is 0 Å². The number of fused-ring (bicyclic) bond motifs is 3.